The first kappa shape index (κ1) is 15.7. The van der Waals surface area contributed by atoms with Gasteiger partial charge in [-0.1, -0.05) is 11.6 Å². The minimum Gasteiger partial charge on any atom is -0.291 e. The maximum atomic E-state index is 13.9. The molecule has 0 spiro atoms. The third-order valence-corrected chi connectivity index (χ3v) is 4.22. The smallest absolute Gasteiger partial charge is 0.219 e. The molecular weight excluding hydrogens is 348 g/mol. The Hall–Kier alpha value is -2.80. The second-order valence-electron chi connectivity index (χ2n) is 5.52. The zero-order chi connectivity index (χ0) is 17.6. The first-order valence-electron chi connectivity index (χ1n) is 7.48. The van der Waals surface area contributed by atoms with E-state index in [-0.39, 0.29) is 17.5 Å². The van der Waals surface area contributed by atoms with Gasteiger partial charge in [0.2, 0.25) is 5.96 Å². The van der Waals surface area contributed by atoms with Crippen LogP contribution in [0.5, 0.6) is 0 Å². The van der Waals surface area contributed by atoms with Gasteiger partial charge in [0.05, 0.1) is 16.1 Å². The lowest BCUT2D eigenvalue weighted by Crippen LogP contribution is -2.39. The van der Waals surface area contributed by atoms with Gasteiger partial charge in [-0.3, -0.25) is 14.5 Å². The largest absolute Gasteiger partial charge is 0.291 e. The molecule has 1 aliphatic rings. The minimum atomic E-state index is -0.536. The molecule has 126 valence electrons. The van der Waals surface area contributed by atoms with E-state index in [0.29, 0.717) is 28.5 Å². The molecule has 0 fully saturated rings. The van der Waals surface area contributed by atoms with Gasteiger partial charge in [-0.25, -0.2) is 18.8 Å². The van der Waals surface area contributed by atoms with Crippen molar-refractivity contribution in [1.29, 1.82) is 0 Å². The molecule has 0 saturated heterocycles. The van der Waals surface area contributed by atoms with Gasteiger partial charge in [0.1, 0.15) is 30.5 Å². The van der Waals surface area contributed by atoms with E-state index >= 15 is 0 Å². The van der Waals surface area contributed by atoms with Crippen LogP contribution in [0.1, 0.15) is 5.82 Å². The maximum absolute atomic E-state index is 13.9. The molecule has 0 amide bonds. The molecule has 0 radical (unpaired) electrons. The van der Waals surface area contributed by atoms with Crippen LogP contribution in [0.4, 0.5) is 14.5 Å². The maximum Gasteiger partial charge on any atom is 0.219 e. The van der Waals surface area contributed by atoms with Crippen LogP contribution < -0.4 is 4.90 Å². The standard InChI is InChI=1S/C17H12ClF2N5/c1-10-23-15-5-2-11(19)6-16(15)25(10)17-22-8-21-9-24(17)12-3-4-13(18)14(20)7-12/h2-8H,9H2,1H3. The summed E-state index contributed by atoms with van der Waals surface area (Å²) < 4.78 is 29.3. The number of hydrogen-bond donors (Lipinski definition) is 0. The second-order valence-corrected chi connectivity index (χ2v) is 5.93. The van der Waals surface area contributed by atoms with Crippen LogP contribution in [0.25, 0.3) is 11.0 Å². The van der Waals surface area contributed by atoms with Crippen LogP contribution in [-0.2, 0) is 0 Å². The van der Waals surface area contributed by atoms with Gasteiger partial charge in [-0.2, -0.15) is 0 Å². The Morgan fingerprint density at radius 1 is 1.12 bits per heavy atom. The van der Waals surface area contributed by atoms with Gasteiger partial charge in [0.15, 0.2) is 0 Å². The van der Waals surface area contributed by atoms with Gasteiger partial charge in [-0.05, 0) is 37.3 Å². The molecular formula is C17H12ClF2N5. The number of aliphatic imine (C=N–C) groups is 2. The summed E-state index contributed by atoms with van der Waals surface area (Å²) in [6, 6.07) is 8.82. The van der Waals surface area contributed by atoms with Gasteiger partial charge < -0.3 is 0 Å². The Kier molecular flexibility index (Phi) is 3.73. The number of halogens is 3. The normalized spacial score (nSPS) is 14.2. The topological polar surface area (TPSA) is 45.8 Å². The highest BCUT2D eigenvalue weighted by Crippen LogP contribution is 2.25. The summed E-state index contributed by atoms with van der Waals surface area (Å²) in [4.78, 5) is 14.6. The summed E-state index contributed by atoms with van der Waals surface area (Å²) in [7, 11) is 0. The highest BCUT2D eigenvalue weighted by Gasteiger charge is 2.22. The summed E-state index contributed by atoms with van der Waals surface area (Å²) in [6.07, 6.45) is 1.42. The molecule has 8 heteroatoms. The predicted molar refractivity (Wildman–Crippen MR) is 94.5 cm³/mol. The van der Waals surface area contributed by atoms with Crippen molar-refractivity contribution in [1.82, 2.24) is 9.55 Å². The third-order valence-electron chi connectivity index (χ3n) is 3.92. The number of rotatable bonds is 1. The number of imidazole rings is 1. The van der Waals surface area contributed by atoms with Crippen LogP contribution in [-0.4, -0.2) is 28.5 Å². The van der Waals surface area contributed by atoms with Gasteiger partial charge in [0, 0.05) is 11.8 Å². The van der Waals surface area contributed by atoms with E-state index < -0.39 is 5.82 Å². The van der Waals surface area contributed by atoms with Gasteiger partial charge in [0.25, 0.3) is 0 Å². The molecule has 0 N–H and O–H groups in total. The number of benzene rings is 2. The Morgan fingerprint density at radius 3 is 2.76 bits per heavy atom. The van der Waals surface area contributed by atoms with Crippen molar-refractivity contribution in [2.24, 2.45) is 9.98 Å². The summed E-state index contributed by atoms with van der Waals surface area (Å²) in [5.74, 6) is 0.186. The van der Waals surface area contributed by atoms with Crippen molar-refractivity contribution in [3.63, 3.8) is 0 Å². The lowest BCUT2D eigenvalue weighted by atomic mass is 10.3. The Labute approximate surface area is 146 Å². The molecule has 1 aliphatic heterocycles. The van der Waals surface area contributed by atoms with Crippen LogP contribution >= 0.6 is 11.6 Å². The average Bonchev–Trinajstić information content (AvgIpc) is 2.92. The van der Waals surface area contributed by atoms with E-state index in [1.165, 1.54) is 30.6 Å². The molecule has 2 heterocycles. The second kappa shape index (κ2) is 5.93. The number of fused-ring (bicyclic) bond motifs is 1. The zero-order valence-corrected chi connectivity index (χ0v) is 13.9. The number of hydrogen-bond acceptors (Lipinski definition) is 4. The molecule has 0 aliphatic carbocycles. The third kappa shape index (κ3) is 2.66. The summed E-state index contributed by atoms with van der Waals surface area (Å²) >= 11 is 5.77. The molecule has 4 rings (SSSR count). The monoisotopic (exact) mass is 359 g/mol. The Morgan fingerprint density at radius 2 is 1.96 bits per heavy atom. The number of aryl methyl sites for hydroxylation is 1. The SMILES string of the molecule is Cc1nc2ccc(F)cc2n1C1=NC=NCN1c1ccc(Cl)c(F)c1. The van der Waals surface area contributed by atoms with E-state index in [2.05, 4.69) is 15.0 Å². The van der Waals surface area contributed by atoms with Crippen molar-refractivity contribution < 1.29 is 8.78 Å². The van der Waals surface area contributed by atoms with E-state index in [1.54, 1.807) is 28.5 Å². The minimum absolute atomic E-state index is 0.0362. The van der Waals surface area contributed by atoms with Gasteiger partial charge in [-0.15, -0.1) is 0 Å². The number of aromatic nitrogens is 2. The quantitative estimate of drug-likeness (QED) is 0.659. The zero-order valence-electron chi connectivity index (χ0n) is 13.1. The molecule has 0 saturated carbocycles. The Bertz CT molecular complexity index is 1040. The predicted octanol–water partition coefficient (Wildman–Crippen LogP) is 3.99. The van der Waals surface area contributed by atoms with Gasteiger partial charge >= 0.3 is 0 Å². The fourth-order valence-electron chi connectivity index (χ4n) is 2.79. The lowest BCUT2D eigenvalue weighted by molar-refractivity contribution is 0.628. The fraction of sp³-hybridized carbons (Fsp3) is 0.118. The van der Waals surface area contributed by atoms with Crippen LogP contribution in [0.3, 0.4) is 0 Å². The molecule has 1 aromatic heterocycles. The number of anilines is 1. The van der Waals surface area contributed by atoms with E-state index in [4.69, 9.17) is 11.6 Å². The fourth-order valence-corrected chi connectivity index (χ4v) is 2.91. The molecule has 0 atom stereocenters. The molecule has 25 heavy (non-hydrogen) atoms. The molecule has 3 aromatic rings. The molecule has 0 unspecified atom stereocenters. The van der Waals surface area contributed by atoms with Crippen molar-refractivity contribution in [2.45, 2.75) is 6.92 Å². The molecule has 0 bridgehead atoms. The van der Waals surface area contributed by atoms with E-state index in [1.807, 2.05) is 0 Å². The first-order chi connectivity index (χ1) is 12.0. The molecule has 5 nitrogen and oxygen atoms in total. The van der Waals surface area contributed by atoms with Crippen LogP contribution in [0.2, 0.25) is 5.02 Å². The highest BCUT2D eigenvalue weighted by molar-refractivity contribution is 6.30. The summed E-state index contributed by atoms with van der Waals surface area (Å²) in [5.41, 5.74) is 1.76. The highest BCUT2D eigenvalue weighted by atomic mass is 35.5. The van der Waals surface area contributed by atoms with E-state index in [0.717, 1.165) is 0 Å². The summed E-state index contributed by atoms with van der Waals surface area (Å²) in [6.45, 7) is 2.04. The lowest BCUT2D eigenvalue weighted by Gasteiger charge is -2.27. The molecule has 2 aromatic carbocycles. The Balaban J connectivity index is 1.89. The number of nitrogens with zero attached hydrogens (tertiary/aromatic N) is 5. The van der Waals surface area contributed by atoms with Crippen molar-refractivity contribution >= 4 is 40.6 Å². The van der Waals surface area contributed by atoms with Crippen LogP contribution in [0, 0.1) is 18.6 Å². The van der Waals surface area contributed by atoms with E-state index in [9.17, 15) is 8.78 Å². The van der Waals surface area contributed by atoms with Crippen molar-refractivity contribution in [2.75, 3.05) is 11.6 Å². The summed E-state index contributed by atoms with van der Waals surface area (Å²) in [5, 5.41) is 0.0362. The average molecular weight is 360 g/mol. The van der Waals surface area contributed by atoms with Crippen molar-refractivity contribution in [3.05, 3.63) is 58.9 Å². The first-order valence-corrected chi connectivity index (χ1v) is 7.86. The van der Waals surface area contributed by atoms with Crippen LogP contribution in [0.15, 0.2) is 46.4 Å². The van der Waals surface area contributed by atoms with Crippen molar-refractivity contribution in [3.8, 4) is 0 Å².